The normalized spacial score (nSPS) is 12.7. The Balaban J connectivity index is 0.986. The molecule has 0 aliphatic heterocycles. The lowest BCUT2D eigenvalue weighted by molar-refractivity contribution is 0.590. The van der Waals surface area contributed by atoms with E-state index in [9.17, 15) is 0 Å². The van der Waals surface area contributed by atoms with Crippen molar-refractivity contribution < 1.29 is 0 Å². The van der Waals surface area contributed by atoms with Crippen LogP contribution in [0.15, 0.2) is 231 Å². The second-order valence-electron chi connectivity index (χ2n) is 28.2. The molecule has 0 saturated heterocycles. The van der Waals surface area contributed by atoms with Gasteiger partial charge in [0.15, 0.2) is 0 Å². The molecule has 0 bridgehead atoms. The van der Waals surface area contributed by atoms with E-state index in [0.29, 0.717) is 0 Å². The summed E-state index contributed by atoms with van der Waals surface area (Å²) in [5.74, 6) is 0. The molecule has 89 heavy (non-hydrogen) atoms. The van der Waals surface area contributed by atoms with Crippen LogP contribution < -0.4 is 0 Å². The van der Waals surface area contributed by atoms with Gasteiger partial charge in [-0.05, 0) is 139 Å². The first-order valence-corrected chi connectivity index (χ1v) is 32.6. The number of nitrogens with zero attached hydrogens (tertiary/aromatic N) is 6. The van der Waals surface area contributed by atoms with Crippen LogP contribution in [0.2, 0.25) is 0 Å². The van der Waals surface area contributed by atoms with Crippen LogP contribution in [0.5, 0.6) is 0 Å². The van der Waals surface area contributed by atoms with Crippen molar-refractivity contribution in [2.24, 2.45) is 0 Å². The molecule has 440 valence electrons. The highest BCUT2D eigenvalue weighted by atomic mass is 32.1. The minimum absolute atomic E-state index is 0.00977. The molecule has 0 N–H and O–H groups in total. The van der Waals surface area contributed by atoms with Gasteiger partial charge < -0.3 is 9.13 Å². The van der Waals surface area contributed by atoms with E-state index in [1.54, 1.807) is 22.7 Å². The molecule has 8 heteroatoms. The molecule has 0 spiro atoms. The molecule has 6 nitrogen and oxygen atoms in total. The van der Waals surface area contributed by atoms with Crippen molar-refractivity contribution in [3.8, 4) is 53.7 Å². The Labute approximate surface area is 531 Å². The fraction of sp³-hybridized carbons (Fsp3) is 0.210. The van der Waals surface area contributed by atoms with Crippen molar-refractivity contribution >= 4 is 66.3 Å². The van der Waals surface area contributed by atoms with Gasteiger partial charge in [0, 0.05) is 55.2 Å². The zero-order valence-corrected chi connectivity index (χ0v) is 54.6. The zero-order valence-electron chi connectivity index (χ0n) is 52.9. The van der Waals surface area contributed by atoms with Gasteiger partial charge in [0.05, 0.1) is 27.5 Å². The molecule has 0 unspecified atom stereocenters. The Bertz CT molecular complexity index is 4480. The minimum atomic E-state index is -0.838. The maximum absolute atomic E-state index is 4.76. The van der Waals surface area contributed by atoms with Gasteiger partial charge in [-0.15, -0.1) is 20.4 Å². The van der Waals surface area contributed by atoms with Crippen molar-refractivity contribution in [1.82, 2.24) is 29.5 Å². The summed E-state index contributed by atoms with van der Waals surface area (Å²) in [6, 6.07) is 86.0. The summed E-state index contributed by atoms with van der Waals surface area (Å²) in [6.45, 7) is 27.7. The quantitative estimate of drug-likeness (QED) is 0.128. The molecular weight excluding hydrogens is 1120 g/mol. The lowest BCUT2D eigenvalue weighted by Gasteiger charge is -2.37. The standard InChI is InChI=1S/C81H74N6S2/c1-77(2,3)59-35-43-69-65(47-59)66-48-60(78(4,5)6)36-44-70(66)86(69)63-39-31-57(32-40-63)81(55-27-23-53(24-28-55)75-84-82-73(88-75)51-19-15-13-16-20-51,56-29-25-54(26-30-56)76-85-83-74(89-76)52-21-17-14-18-22-52)58-33-41-64(42-34-58)87-71-45-37-61(79(7,8)9)49-67(71)68-50-62(80(10,11)12)38-46-72(68)87/h13-50H,1-12H3. The van der Waals surface area contributed by atoms with Gasteiger partial charge in [0.1, 0.15) is 20.0 Å². The summed E-state index contributed by atoms with van der Waals surface area (Å²) in [5.41, 5.74) is 20.0. The van der Waals surface area contributed by atoms with Crippen LogP contribution in [0.25, 0.3) is 97.3 Å². The fourth-order valence-corrected chi connectivity index (χ4v) is 14.7. The molecule has 0 radical (unpaired) electrons. The molecule has 4 aromatic heterocycles. The Hall–Kier alpha value is -9.08. The van der Waals surface area contributed by atoms with Gasteiger partial charge >= 0.3 is 0 Å². The van der Waals surface area contributed by atoms with Gasteiger partial charge in [-0.25, -0.2) is 0 Å². The predicted octanol–water partition coefficient (Wildman–Crippen LogP) is 21.8. The Kier molecular flexibility index (Phi) is 14.0. The van der Waals surface area contributed by atoms with E-state index in [0.717, 1.165) is 75.9 Å². The number of rotatable bonds is 10. The summed E-state index contributed by atoms with van der Waals surface area (Å²) in [4.78, 5) is 0. The maximum atomic E-state index is 4.76. The van der Waals surface area contributed by atoms with E-state index in [4.69, 9.17) is 10.2 Å². The van der Waals surface area contributed by atoms with Crippen LogP contribution in [0, 0.1) is 0 Å². The average molecular weight is 1200 g/mol. The van der Waals surface area contributed by atoms with Crippen molar-refractivity contribution in [3.05, 3.63) is 275 Å². The lowest BCUT2D eigenvalue weighted by atomic mass is 9.65. The van der Waals surface area contributed by atoms with Crippen molar-refractivity contribution in [2.45, 2.75) is 110 Å². The molecule has 14 rings (SSSR count). The number of hydrogen-bond acceptors (Lipinski definition) is 6. The molecule has 0 aliphatic carbocycles. The Morgan fingerprint density at radius 1 is 0.247 bits per heavy atom. The van der Waals surface area contributed by atoms with Crippen LogP contribution in [-0.4, -0.2) is 29.5 Å². The molecule has 0 atom stereocenters. The van der Waals surface area contributed by atoms with Crippen LogP contribution in [0.1, 0.15) is 128 Å². The average Bonchev–Trinajstić information content (AvgIpc) is 1.75. The number of fused-ring (bicyclic) bond motifs is 6. The lowest BCUT2D eigenvalue weighted by Crippen LogP contribution is -2.31. The SMILES string of the molecule is CC(C)(C)c1ccc2c(c1)c1cc(C(C)(C)C)ccc1n2-c1ccc(C(c2ccc(-c3nnc(-c4ccccc4)s3)cc2)(c2ccc(-c3nnc(-c4ccccc4)s3)cc2)c2ccc(-n3c4ccc(C(C)(C)C)cc4c4cc(C(C)(C)C)ccc43)cc2)cc1. The number of benzene rings is 10. The van der Waals surface area contributed by atoms with Crippen molar-refractivity contribution in [2.75, 3.05) is 0 Å². The molecule has 14 aromatic rings. The predicted molar refractivity (Wildman–Crippen MR) is 377 cm³/mol. The van der Waals surface area contributed by atoms with Gasteiger partial charge in [0.2, 0.25) is 0 Å². The minimum Gasteiger partial charge on any atom is -0.309 e. The molecule has 0 saturated carbocycles. The van der Waals surface area contributed by atoms with E-state index in [2.05, 4.69) is 297 Å². The monoisotopic (exact) mass is 1190 g/mol. The largest absolute Gasteiger partial charge is 0.309 e. The molecule has 4 heterocycles. The summed E-state index contributed by atoms with van der Waals surface area (Å²) < 4.78 is 4.93. The Morgan fingerprint density at radius 2 is 0.472 bits per heavy atom. The highest BCUT2D eigenvalue weighted by molar-refractivity contribution is 7.18. The van der Waals surface area contributed by atoms with Crippen LogP contribution in [0.3, 0.4) is 0 Å². The first kappa shape index (κ1) is 57.7. The molecule has 0 amide bonds. The topological polar surface area (TPSA) is 61.4 Å². The van der Waals surface area contributed by atoms with E-state index in [1.165, 1.54) is 65.9 Å². The number of hydrogen-bond donors (Lipinski definition) is 0. The summed E-state index contributed by atoms with van der Waals surface area (Å²) in [6.07, 6.45) is 0. The van der Waals surface area contributed by atoms with Gasteiger partial charge in [-0.2, -0.15) is 0 Å². The van der Waals surface area contributed by atoms with E-state index in [1.807, 2.05) is 36.4 Å². The molecule has 0 fully saturated rings. The summed E-state index contributed by atoms with van der Waals surface area (Å²) >= 11 is 3.23. The first-order chi connectivity index (χ1) is 42.6. The third-order valence-electron chi connectivity index (χ3n) is 18.1. The first-order valence-electron chi connectivity index (χ1n) is 31.0. The second kappa shape index (κ2) is 21.6. The van der Waals surface area contributed by atoms with Crippen molar-refractivity contribution in [1.29, 1.82) is 0 Å². The zero-order chi connectivity index (χ0) is 61.8. The van der Waals surface area contributed by atoms with Gasteiger partial charge in [0.25, 0.3) is 0 Å². The van der Waals surface area contributed by atoms with Gasteiger partial charge in [-0.1, -0.05) is 263 Å². The van der Waals surface area contributed by atoms with Crippen LogP contribution >= 0.6 is 22.7 Å². The number of aromatic nitrogens is 6. The maximum Gasteiger partial charge on any atom is 0.148 e. The van der Waals surface area contributed by atoms with Gasteiger partial charge in [-0.3, -0.25) is 0 Å². The highest BCUT2D eigenvalue weighted by Crippen LogP contribution is 2.49. The smallest absolute Gasteiger partial charge is 0.148 e. The third-order valence-corrected chi connectivity index (χ3v) is 20.2. The van der Waals surface area contributed by atoms with Crippen LogP contribution in [-0.2, 0) is 27.1 Å². The highest BCUT2D eigenvalue weighted by Gasteiger charge is 2.39. The molecular formula is C81H74N6S2. The fourth-order valence-electron chi connectivity index (χ4n) is 13.0. The molecule has 10 aromatic carbocycles. The van der Waals surface area contributed by atoms with Crippen LogP contribution in [0.4, 0.5) is 0 Å². The van der Waals surface area contributed by atoms with E-state index >= 15 is 0 Å². The second-order valence-corrected chi connectivity index (χ2v) is 30.1. The summed E-state index contributed by atoms with van der Waals surface area (Å²) in [5, 5.41) is 27.5. The molecule has 0 aliphatic rings. The third kappa shape index (κ3) is 10.3. The van der Waals surface area contributed by atoms with E-state index in [-0.39, 0.29) is 21.7 Å². The van der Waals surface area contributed by atoms with E-state index < -0.39 is 5.41 Å². The summed E-state index contributed by atoms with van der Waals surface area (Å²) in [7, 11) is 0. The Morgan fingerprint density at radius 3 is 0.719 bits per heavy atom. The van der Waals surface area contributed by atoms with Crippen molar-refractivity contribution in [3.63, 3.8) is 0 Å².